The predicted molar refractivity (Wildman–Crippen MR) is 151 cm³/mol. The van der Waals surface area contributed by atoms with Crippen LogP contribution in [0.15, 0.2) is 30.6 Å². The zero-order valence-electron chi connectivity index (χ0n) is 24.0. The van der Waals surface area contributed by atoms with Gasteiger partial charge in [0, 0.05) is 48.2 Å². The van der Waals surface area contributed by atoms with Gasteiger partial charge in [-0.1, -0.05) is 39.3 Å². The molecule has 3 saturated carbocycles. The molecule has 0 unspecified atom stereocenters. The van der Waals surface area contributed by atoms with Gasteiger partial charge in [0.15, 0.2) is 5.79 Å². The van der Waals surface area contributed by atoms with Gasteiger partial charge >= 0.3 is 6.01 Å². The van der Waals surface area contributed by atoms with Crippen LogP contribution in [0.25, 0.3) is 0 Å². The number of nitrogens with one attached hydrogen (secondary N) is 1. The monoisotopic (exact) mass is 580 g/mol. The number of carbonyl (C=O) groups is 1. The van der Waals surface area contributed by atoms with Crippen molar-refractivity contribution in [2.75, 3.05) is 13.2 Å². The van der Waals surface area contributed by atoms with Crippen LogP contribution in [0.4, 0.5) is 0 Å². The van der Waals surface area contributed by atoms with Gasteiger partial charge in [-0.3, -0.25) is 4.79 Å². The summed E-state index contributed by atoms with van der Waals surface area (Å²) in [7, 11) is 0. The average molecular weight is 581 g/mol. The minimum Gasteiger partial charge on any atom is -0.489 e. The van der Waals surface area contributed by atoms with Gasteiger partial charge in [0.1, 0.15) is 24.0 Å². The number of carbonyl (C=O) groups excluding carboxylic acids is 1. The molecular formula is C31H37ClN4O5. The highest BCUT2D eigenvalue weighted by atomic mass is 35.5. The van der Waals surface area contributed by atoms with Crippen molar-refractivity contribution < 1.29 is 23.7 Å². The minimum atomic E-state index is -0.363. The molecule has 0 radical (unpaired) electrons. The maximum atomic E-state index is 13.2. The summed E-state index contributed by atoms with van der Waals surface area (Å²) < 4.78 is 24.1. The van der Waals surface area contributed by atoms with Crippen molar-refractivity contribution in [1.82, 2.24) is 15.3 Å². The number of ether oxygens (including phenoxy) is 4. The van der Waals surface area contributed by atoms with E-state index in [1.807, 2.05) is 0 Å². The third kappa shape index (κ3) is 5.04. The van der Waals surface area contributed by atoms with Crippen molar-refractivity contribution in [1.29, 1.82) is 5.26 Å². The molecule has 0 bridgehead atoms. The third-order valence-corrected chi connectivity index (χ3v) is 10.1. The molecule has 218 valence electrons. The average Bonchev–Trinajstić information content (AvgIpc) is 3.39. The van der Waals surface area contributed by atoms with Gasteiger partial charge < -0.3 is 24.3 Å². The lowest BCUT2D eigenvalue weighted by Gasteiger charge is -2.63. The van der Waals surface area contributed by atoms with Crippen LogP contribution in [0.5, 0.6) is 11.8 Å². The van der Waals surface area contributed by atoms with E-state index in [0.29, 0.717) is 46.5 Å². The van der Waals surface area contributed by atoms with E-state index in [0.717, 1.165) is 38.5 Å². The second-order valence-corrected chi connectivity index (χ2v) is 13.7. The first-order chi connectivity index (χ1) is 19.5. The minimum absolute atomic E-state index is 0.0913. The zero-order chi connectivity index (χ0) is 29.0. The SMILES string of the molecule is CC1(C)C(NC(=O)c2cnc(OC3CC4(CCC5(CC4)OCCO5)C3)nc2)C(C)(C)C1Oc1ccc(C#N)c(Cl)c1. The molecule has 9 nitrogen and oxygen atoms in total. The number of amides is 1. The van der Waals surface area contributed by atoms with Crippen molar-refractivity contribution >= 4 is 17.5 Å². The first-order valence-electron chi connectivity index (χ1n) is 14.4. The molecule has 2 aromatic rings. The molecule has 2 spiro atoms. The van der Waals surface area contributed by atoms with Crippen LogP contribution in [0.2, 0.25) is 5.02 Å². The number of rotatable bonds is 6. The van der Waals surface area contributed by atoms with Crippen molar-refractivity contribution in [3.05, 3.63) is 46.7 Å². The number of nitrogens with zero attached hydrogens (tertiary/aromatic N) is 3. The summed E-state index contributed by atoms with van der Waals surface area (Å²) >= 11 is 6.20. The number of halogens is 1. The number of hydrogen-bond acceptors (Lipinski definition) is 8. The van der Waals surface area contributed by atoms with E-state index in [1.54, 1.807) is 18.2 Å². The maximum Gasteiger partial charge on any atom is 0.316 e. The molecule has 10 heteroatoms. The predicted octanol–water partition coefficient (Wildman–Crippen LogP) is 5.46. The summed E-state index contributed by atoms with van der Waals surface area (Å²) in [6, 6.07) is 7.26. The molecule has 41 heavy (non-hydrogen) atoms. The smallest absolute Gasteiger partial charge is 0.316 e. The Morgan fingerprint density at radius 1 is 1.02 bits per heavy atom. The normalized spacial score (nSPS) is 26.9. The Bertz CT molecular complexity index is 1330. The zero-order valence-corrected chi connectivity index (χ0v) is 24.8. The molecule has 3 aliphatic carbocycles. The highest BCUT2D eigenvalue weighted by molar-refractivity contribution is 6.31. The fourth-order valence-corrected chi connectivity index (χ4v) is 8.01. The highest BCUT2D eigenvalue weighted by Gasteiger charge is 2.64. The van der Waals surface area contributed by atoms with Gasteiger partial charge in [-0.2, -0.15) is 5.26 Å². The Labute approximate surface area is 245 Å². The number of hydrogen-bond donors (Lipinski definition) is 1. The number of nitriles is 1. The van der Waals surface area contributed by atoms with Gasteiger partial charge in [-0.25, -0.2) is 9.97 Å². The lowest BCUT2D eigenvalue weighted by Crippen LogP contribution is -2.74. The van der Waals surface area contributed by atoms with Crippen LogP contribution in [0.1, 0.15) is 82.1 Å². The van der Waals surface area contributed by atoms with Crippen molar-refractivity contribution in [3.63, 3.8) is 0 Å². The Morgan fingerprint density at radius 3 is 2.24 bits per heavy atom. The maximum absolute atomic E-state index is 13.2. The Kier molecular flexibility index (Phi) is 6.95. The molecule has 2 heterocycles. The van der Waals surface area contributed by atoms with Gasteiger partial charge in [-0.05, 0) is 43.2 Å². The summed E-state index contributed by atoms with van der Waals surface area (Å²) in [5.41, 5.74) is 0.364. The summed E-state index contributed by atoms with van der Waals surface area (Å²) in [5, 5.41) is 12.7. The lowest BCUT2D eigenvalue weighted by molar-refractivity contribution is -0.206. The van der Waals surface area contributed by atoms with Crippen LogP contribution < -0.4 is 14.8 Å². The topological polar surface area (TPSA) is 116 Å². The molecule has 6 rings (SSSR count). The number of benzene rings is 1. The van der Waals surface area contributed by atoms with E-state index in [9.17, 15) is 4.79 Å². The second kappa shape index (κ2) is 10.1. The molecule has 4 fully saturated rings. The van der Waals surface area contributed by atoms with E-state index >= 15 is 0 Å². The third-order valence-electron chi connectivity index (χ3n) is 9.80. The fraction of sp³-hybridized carbons (Fsp3) is 0.613. The van der Waals surface area contributed by atoms with E-state index in [2.05, 4.69) is 49.0 Å². The molecule has 1 saturated heterocycles. The second-order valence-electron chi connectivity index (χ2n) is 13.3. The van der Waals surface area contributed by atoms with Crippen molar-refractivity contribution in [3.8, 4) is 17.8 Å². The largest absolute Gasteiger partial charge is 0.489 e. The van der Waals surface area contributed by atoms with Crippen LogP contribution >= 0.6 is 11.6 Å². The molecule has 1 aliphatic heterocycles. The Hall–Kier alpha value is -2.93. The molecule has 1 aromatic heterocycles. The summed E-state index contributed by atoms with van der Waals surface area (Å²) in [4.78, 5) is 21.8. The van der Waals surface area contributed by atoms with Crippen LogP contribution in [-0.4, -0.2) is 53.1 Å². The summed E-state index contributed by atoms with van der Waals surface area (Å²) in [6.45, 7) is 9.67. The Morgan fingerprint density at radius 2 is 1.66 bits per heavy atom. The first kappa shape index (κ1) is 28.2. The number of aromatic nitrogens is 2. The quantitative estimate of drug-likeness (QED) is 0.479. The van der Waals surface area contributed by atoms with Crippen molar-refractivity contribution in [2.24, 2.45) is 16.2 Å². The molecule has 1 aromatic carbocycles. The summed E-state index contributed by atoms with van der Waals surface area (Å²) in [6.07, 6.45) is 9.01. The van der Waals surface area contributed by atoms with Gasteiger partial charge in [0.05, 0.1) is 29.4 Å². The Balaban J connectivity index is 1.01. The van der Waals surface area contributed by atoms with E-state index in [4.69, 9.17) is 35.8 Å². The molecule has 1 N–H and O–H groups in total. The van der Waals surface area contributed by atoms with Crippen LogP contribution in [0, 0.1) is 27.6 Å². The standard InChI is InChI=1S/C31H37ClN4O5/c1-28(2)25(29(3,4)26(28)40-21-6-5-19(16-33)23(32)13-21)36-24(37)20-17-34-27(35-18-20)41-22-14-30(15-22)7-9-31(10-8-30)38-11-12-39-31/h5-6,13,17-18,22,25-26H,7-12,14-15H2,1-4H3,(H,36,37). The van der Waals surface area contributed by atoms with Crippen LogP contribution in [-0.2, 0) is 9.47 Å². The van der Waals surface area contributed by atoms with Crippen LogP contribution in [0.3, 0.4) is 0 Å². The lowest BCUT2D eigenvalue weighted by atomic mass is 9.49. The van der Waals surface area contributed by atoms with Gasteiger partial charge in [-0.15, -0.1) is 0 Å². The summed E-state index contributed by atoms with van der Waals surface area (Å²) in [5.74, 6) is 0.0154. The molecule has 1 amide bonds. The fourth-order valence-electron chi connectivity index (χ4n) is 7.80. The molecule has 4 aliphatic rings. The molecule has 0 atom stereocenters. The van der Waals surface area contributed by atoms with Gasteiger partial charge in [0.25, 0.3) is 5.91 Å². The first-order valence-corrected chi connectivity index (χ1v) is 14.8. The van der Waals surface area contributed by atoms with E-state index < -0.39 is 0 Å². The molecular weight excluding hydrogens is 544 g/mol. The van der Waals surface area contributed by atoms with E-state index in [-0.39, 0.29) is 40.8 Å². The highest BCUT2D eigenvalue weighted by Crippen LogP contribution is 2.57. The van der Waals surface area contributed by atoms with E-state index in [1.165, 1.54) is 12.4 Å². The van der Waals surface area contributed by atoms with Crippen molar-refractivity contribution in [2.45, 2.75) is 90.3 Å². The van der Waals surface area contributed by atoms with Gasteiger partial charge in [0.2, 0.25) is 0 Å².